The van der Waals surface area contributed by atoms with Gasteiger partial charge in [-0.2, -0.15) is 0 Å². The third-order valence-corrected chi connectivity index (χ3v) is 2.82. The van der Waals surface area contributed by atoms with E-state index >= 15 is 0 Å². The summed E-state index contributed by atoms with van der Waals surface area (Å²) in [7, 11) is 0. The Balaban J connectivity index is 2.52. The van der Waals surface area contributed by atoms with E-state index in [1.54, 1.807) is 0 Å². The van der Waals surface area contributed by atoms with Crippen molar-refractivity contribution in [2.75, 3.05) is 26.2 Å². The third-order valence-electron chi connectivity index (χ3n) is 2.82. The minimum atomic E-state index is -0.892. The van der Waals surface area contributed by atoms with Gasteiger partial charge in [0.1, 0.15) is 0 Å². The molecule has 0 spiro atoms. The Morgan fingerprint density at radius 3 is 2.60 bits per heavy atom. The Hall–Kier alpha value is -1.21. The molecule has 0 aromatic carbocycles. The lowest BCUT2D eigenvalue weighted by Gasteiger charge is -2.27. The van der Waals surface area contributed by atoms with E-state index in [0.717, 1.165) is 25.9 Å². The van der Waals surface area contributed by atoms with Gasteiger partial charge in [0.2, 0.25) is 0 Å². The van der Waals surface area contributed by atoms with Crippen LogP contribution in [-0.2, 0) is 0 Å². The number of likely N-dealkylation sites (N-methyl/N-ethyl adjacent to an activating group) is 1. The largest absolute Gasteiger partial charge is 0.465 e. The van der Waals surface area contributed by atoms with Gasteiger partial charge < -0.3 is 10.0 Å². The third kappa shape index (κ3) is 3.14. The molecule has 0 aromatic heterocycles. The van der Waals surface area contributed by atoms with Gasteiger partial charge in [-0.3, -0.25) is 4.90 Å². The van der Waals surface area contributed by atoms with E-state index in [1.807, 2.05) is 6.92 Å². The van der Waals surface area contributed by atoms with Crippen molar-refractivity contribution in [1.29, 1.82) is 0 Å². The lowest BCUT2D eigenvalue weighted by Crippen LogP contribution is -2.43. The number of amides is 1. The average Bonchev–Trinajstić information content (AvgIpc) is 2.72. The van der Waals surface area contributed by atoms with E-state index in [0.29, 0.717) is 13.1 Å². The maximum absolute atomic E-state index is 10.8. The zero-order valence-corrected chi connectivity index (χ0v) is 9.15. The van der Waals surface area contributed by atoms with Crippen LogP contribution in [0.5, 0.6) is 0 Å². The summed E-state index contributed by atoms with van der Waals surface area (Å²) in [6, 6.07) is -0.0662. The second kappa shape index (κ2) is 5.62. The number of hydrogen-bond acceptors (Lipinski definition) is 2. The van der Waals surface area contributed by atoms with E-state index < -0.39 is 6.09 Å². The van der Waals surface area contributed by atoms with Crippen LogP contribution in [0.2, 0.25) is 0 Å². The fraction of sp³-hybridized carbons (Fsp3) is 0.727. The number of likely N-dealkylation sites (tertiary alicyclic amines) is 1. The fourth-order valence-corrected chi connectivity index (χ4v) is 1.88. The molecule has 0 aliphatic carbocycles. The lowest BCUT2D eigenvalue weighted by atomic mass is 10.2. The van der Waals surface area contributed by atoms with Crippen molar-refractivity contribution < 1.29 is 9.90 Å². The molecule has 1 heterocycles. The molecule has 1 saturated heterocycles. The molecule has 84 valence electrons. The fourth-order valence-electron chi connectivity index (χ4n) is 1.88. The summed E-state index contributed by atoms with van der Waals surface area (Å²) in [6.07, 6.45) is 6.88. The molecule has 15 heavy (non-hydrogen) atoms. The maximum atomic E-state index is 10.8. The standard InChI is InChI=1S/C11H18N2O2/c1-3-10(13-7-5-6-8-13)9-12(4-2)11(14)15/h1,10H,4-9H2,2H3,(H,14,15). The highest BCUT2D eigenvalue weighted by Crippen LogP contribution is 2.12. The van der Waals surface area contributed by atoms with Gasteiger partial charge in [0.05, 0.1) is 12.6 Å². The van der Waals surface area contributed by atoms with Crippen LogP contribution in [0.4, 0.5) is 4.79 Å². The Morgan fingerprint density at radius 1 is 1.60 bits per heavy atom. The lowest BCUT2D eigenvalue weighted by molar-refractivity contribution is 0.134. The zero-order chi connectivity index (χ0) is 11.3. The second-order valence-electron chi connectivity index (χ2n) is 3.75. The molecule has 4 heteroatoms. The zero-order valence-electron chi connectivity index (χ0n) is 9.15. The summed E-state index contributed by atoms with van der Waals surface area (Å²) < 4.78 is 0. The topological polar surface area (TPSA) is 43.8 Å². The van der Waals surface area contributed by atoms with Gasteiger partial charge in [-0.05, 0) is 32.9 Å². The molecular formula is C11H18N2O2. The summed E-state index contributed by atoms with van der Waals surface area (Å²) in [4.78, 5) is 14.4. The van der Waals surface area contributed by atoms with Gasteiger partial charge in [-0.1, -0.05) is 5.92 Å². The van der Waals surface area contributed by atoms with Gasteiger partial charge >= 0.3 is 6.09 Å². The van der Waals surface area contributed by atoms with Gasteiger partial charge in [0, 0.05) is 6.54 Å². The predicted octanol–water partition coefficient (Wildman–Crippen LogP) is 1.08. The summed E-state index contributed by atoms with van der Waals surface area (Å²) in [6.45, 7) is 4.72. The molecule has 0 radical (unpaired) electrons. The van der Waals surface area contributed by atoms with Gasteiger partial charge in [-0.25, -0.2) is 4.79 Å². The molecule has 1 N–H and O–H groups in total. The molecule has 0 bridgehead atoms. The Morgan fingerprint density at radius 2 is 2.20 bits per heavy atom. The Labute approximate surface area is 90.9 Å². The van der Waals surface area contributed by atoms with Gasteiger partial charge in [0.15, 0.2) is 0 Å². The molecule has 4 nitrogen and oxygen atoms in total. The van der Waals surface area contributed by atoms with Crippen molar-refractivity contribution >= 4 is 6.09 Å². The number of rotatable bonds is 4. The molecule has 1 amide bonds. The Bertz CT molecular complexity index is 254. The summed E-state index contributed by atoms with van der Waals surface area (Å²) in [5.41, 5.74) is 0. The quantitative estimate of drug-likeness (QED) is 0.706. The van der Waals surface area contributed by atoms with Crippen molar-refractivity contribution in [3.05, 3.63) is 0 Å². The number of terminal acetylenes is 1. The van der Waals surface area contributed by atoms with Crippen LogP contribution in [0.25, 0.3) is 0 Å². The number of carboxylic acid groups (broad SMARTS) is 1. The highest BCUT2D eigenvalue weighted by Gasteiger charge is 2.23. The van der Waals surface area contributed by atoms with Crippen LogP contribution in [0.15, 0.2) is 0 Å². The maximum Gasteiger partial charge on any atom is 0.407 e. The molecule has 1 aliphatic rings. The number of nitrogens with zero attached hydrogens (tertiary/aromatic N) is 2. The molecule has 0 saturated carbocycles. The SMILES string of the molecule is C#CC(CN(CC)C(=O)O)N1CCCC1. The minimum absolute atomic E-state index is 0.0662. The van der Waals surface area contributed by atoms with Crippen LogP contribution in [0.3, 0.4) is 0 Å². The highest BCUT2D eigenvalue weighted by molar-refractivity contribution is 5.65. The first kappa shape index (κ1) is 11.9. The van der Waals surface area contributed by atoms with E-state index in [1.165, 1.54) is 4.90 Å². The van der Waals surface area contributed by atoms with E-state index in [-0.39, 0.29) is 6.04 Å². The monoisotopic (exact) mass is 210 g/mol. The van der Waals surface area contributed by atoms with Crippen LogP contribution < -0.4 is 0 Å². The first-order valence-corrected chi connectivity index (χ1v) is 5.37. The summed E-state index contributed by atoms with van der Waals surface area (Å²) in [5, 5.41) is 8.90. The number of hydrogen-bond donors (Lipinski definition) is 1. The molecule has 1 rings (SSSR count). The molecule has 0 aromatic rings. The van der Waals surface area contributed by atoms with Crippen LogP contribution in [-0.4, -0.2) is 53.2 Å². The normalized spacial score (nSPS) is 18.4. The summed E-state index contributed by atoms with van der Waals surface area (Å²) >= 11 is 0. The van der Waals surface area contributed by atoms with Crippen molar-refractivity contribution in [1.82, 2.24) is 9.80 Å². The van der Waals surface area contributed by atoms with Crippen molar-refractivity contribution in [2.45, 2.75) is 25.8 Å². The van der Waals surface area contributed by atoms with Gasteiger partial charge in [-0.15, -0.1) is 6.42 Å². The molecule has 1 aliphatic heterocycles. The molecule has 1 fully saturated rings. The first-order chi connectivity index (χ1) is 7.19. The predicted molar refractivity (Wildman–Crippen MR) is 58.7 cm³/mol. The van der Waals surface area contributed by atoms with E-state index in [4.69, 9.17) is 11.5 Å². The summed E-state index contributed by atoms with van der Waals surface area (Å²) in [5.74, 6) is 2.68. The van der Waals surface area contributed by atoms with Crippen molar-refractivity contribution in [2.24, 2.45) is 0 Å². The first-order valence-electron chi connectivity index (χ1n) is 5.37. The Kier molecular flexibility index (Phi) is 4.44. The van der Waals surface area contributed by atoms with Crippen LogP contribution in [0, 0.1) is 12.3 Å². The molecular weight excluding hydrogens is 192 g/mol. The van der Waals surface area contributed by atoms with E-state index in [2.05, 4.69) is 10.8 Å². The minimum Gasteiger partial charge on any atom is -0.465 e. The highest BCUT2D eigenvalue weighted by atomic mass is 16.4. The number of carbonyl (C=O) groups is 1. The van der Waals surface area contributed by atoms with Crippen molar-refractivity contribution in [3.63, 3.8) is 0 Å². The van der Waals surface area contributed by atoms with E-state index in [9.17, 15) is 4.79 Å². The average molecular weight is 210 g/mol. The smallest absolute Gasteiger partial charge is 0.407 e. The second-order valence-corrected chi connectivity index (χ2v) is 3.75. The van der Waals surface area contributed by atoms with Crippen molar-refractivity contribution in [3.8, 4) is 12.3 Å². The van der Waals surface area contributed by atoms with Crippen LogP contribution in [0.1, 0.15) is 19.8 Å². The molecule has 1 atom stereocenters. The van der Waals surface area contributed by atoms with Gasteiger partial charge in [0.25, 0.3) is 0 Å². The molecule has 1 unspecified atom stereocenters. The van der Waals surface area contributed by atoms with Crippen LogP contribution >= 0.6 is 0 Å².